The number of pyridine rings is 1. The van der Waals surface area contributed by atoms with Crippen molar-refractivity contribution in [2.24, 2.45) is 0 Å². The smallest absolute Gasteiger partial charge is 0.415 e. The fraction of sp³-hybridized carbons (Fsp3) is 0.423. The Hall–Kier alpha value is -2.91. The zero-order valence-electron chi connectivity index (χ0n) is 20.7. The molecule has 1 aromatic carbocycles. The molecule has 0 radical (unpaired) electrons. The fourth-order valence-electron chi connectivity index (χ4n) is 3.83. The number of hydrogen-bond acceptors (Lipinski definition) is 5. The van der Waals surface area contributed by atoms with Gasteiger partial charge < -0.3 is 14.8 Å². The number of nitrogens with one attached hydrogen (secondary N) is 1. The number of hydrogen-bond donors (Lipinski definition) is 1. The van der Waals surface area contributed by atoms with E-state index in [-0.39, 0.29) is 5.91 Å². The second kappa shape index (κ2) is 9.99. The molecule has 2 amide bonds. The van der Waals surface area contributed by atoms with Gasteiger partial charge in [-0.2, -0.15) is 0 Å². The first-order valence-electron chi connectivity index (χ1n) is 11.7. The standard InChI is InChI=1S/C26H31BrN4O4/c1-16-12-17(6-9-20(16)24(32)29-19-7-8-19)22-14-28-23-21(13-18(27)15-31(22)23)30(10-11-34-5)25(33)35-26(2,3)4/h6,9,12-15,19H,7-8,10-11H2,1-5H3,(H,29,32). The van der Waals surface area contributed by atoms with Crippen LogP contribution in [0.25, 0.3) is 16.9 Å². The molecule has 1 aliphatic rings. The van der Waals surface area contributed by atoms with E-state index in [9.17, 15) is 9.59 Å². The van der Waals surface area contributed by atoms with Gasteiger partial charge in [0.05, 0.1) is 30.7 Å². The molecule has 0 unspecified atom stereocenters. The number of rotatable bonds is 7. The number of ether oxygens (including phenoxy) is 2. The van der Waals surface area contributed by atoms with Gasteiger partial charge in [-0.05, 0) is 80.2 Å². The highest BCUT2D eigenvalue weighted by atomic mass is 79.9. The van der Waals surface area contributed by atoms with Crippen LogP contribution in [0.15, 0.2) is 41.1 Å². The highest BCUT2D eigenvalue weighted by Gasteiger charge is 2.27. The summed E-state index contributed by atoms with van der Waals surface area (Å²) in [6.07, 6.45) is 5.31. The summed E-state index contributed by atoms with van der Waals surface area (Å²) in [6, 6.07) is 7.92. The predicted octanol–water partition coefficient (Wildman–Crippen LogP) is 5.35. The second-order valence-corrected chi connectivity index (χ2v) is 10.7. The number of carbonyl (C=O) groups is 2. The Bertz CT molecular complexity index is 1260. The van der Waals surface area contributed by atoms with Crippen LogP contribution in [0.3, 0.4) is 0 Å². The van der Waals surface area contributed by atoms with Gasteiger partial charge in [-0.1, -0.05) is 6.07 Å². The minimum atomic E-state index is -0.643. The Kier molecular flexibility index (Phi) is 7.19. The van der Waals surface area contributed by atoms with E-state index in [2.05, 4.69) is 26.2 Å². The highest BCUT2D eigenvalue weighted by Crippen LogP contribution is 2.32. The Morgan fingerprint density at radius 1 is 1.26 bits per heavy atom. The molecule has 8 nitrogen and oxygen atoms in total. The van der Waals surface area contributed by atoms with E-state index in [1.807, 2.05) is 62.6 Å². The van der Waals surface area contributed by atoms with Crippen molar-refractivity contribution in [2.75, 3.05) is 25.2 Å². The van der Waals surface area contributed by atoms with Crippen LogP contribution < -0.4 is 10.2 Å². The number of aromatic nitrogens is 2. The molecule has 2 heterocycles. The zero-order valence-corrected chi connectivity index (χ0v) is 22.3. The monoisotopic (exact) mass is 542 g/mol. The number of imidazole rings is 1. The van der Waals surface area contributed by atoms with Crippen molar-refractivity contribution in [3.05, 3.63) is 52.3 Å². The molecule has 4 rings (SSSR count). The van der Waals surface area contributed by atoms with E-state index >= 15 is 0 Å². The van der Waals surface area contributed by atoms with E-state index in [1.165, 1.54) is 0 Å². The second-order valence-electron chi connectivity index (χ2n) is 9.78. The number of carbonyl (C=O) groups excluding carboxylic acids is 2. The van der Waals surface area contributed by atoms with Gasteiger partial charge in [0, 0.05) is 34.9 Å². The molecule has 1 aliphatic carbocycles. The lowest BCUT2D eigenvalue weighted by molar-refractivity contribution is 0.0569. The predicted molar refractivity (Wildman–Crippen MR) is 139 cm³/mol. The van der Waals surface area contributed by atoms with Gasteiger partial charge in [0.2, 0.25) is 0 Å². The molecule has 0 spiro atoms. The molecular weight excluding hydrogens is 512 g/mol. The van der Waals surface area contributed by atoms with Gasteiger partial charge in [0.15, 0.2) is 5.65 Å². The summed E-state index contributed by atoms with van der Waals surface area (Å²) in [6.45, 7) is 8.09. The lowest BCUT2D eigenvalue weighted by Gasteiger charge is -2.27. The molecule has 1 saturated carbocycles. The molecule has 186 valence electrons. The average Bonchev–Trinajstić information content (AvgIpc) is 3.48. The number of nitrogens with zero attached hydrogens (tertiary/aromatic N) is 3. The van der Waals surface area contributed by atoms with Gasteiger partial charge in [-0.3, -0.25) is 14.1 Å². The topological polar surface area (TPSA) is 85.2 Å². The largest absolute Gasteiger partial charge is 0.443 e. The van der Waals surface area contributed by atoms with E-state index < -0.39 is 11.7 Å². The lowest BCUT2D eigenvalue weighted by Crippen LogP contribution is -2.39. The van der Waals surface area contributed by atoms with Gasteiger partial charge in [0.25, 0.3) is 5.91 Å². The maximum absolute atomic E-state index is 13.1. The van der Waals surface area contributed by atoms with E-state index in [4.69, 9.17) is 9.47 Å². The molecule has 9 heteroatoms. The van der Waals surface area contributed by atoms with Gasteiger partial charge >= 0.3 is 6.09 Å². The SMILES string of the molecule is COCCN(C(=O)OC(C)(C)C)c1cc(Br)cn2c(-c3ccc(C(=O)NC4CC4)c(C)c3)cnc12. The molecule has 35 heavy (non-hydrogen) atoms. The van der Waals surface area contributed by atoms with Crippen molar-refractivity contribution in [3.63, 3.8) is 0 Å². The van der Waals surface area contributed by atoms with Crippen LogP contribution in [0.4, 0.5) is 10.5 Å². The summed E-state index contributed by atoms with van der Waals surface area (Å²) in [7, 11) is 1.59. The molecule has 0 saturated heterocycles. The van der Waals surface area contributed by atoms with Crippen molar-refractivity contribution in [3.8, 4) is 11.3 Å². The van der Waals surface area contributed by atoms with Crippen molar-refractivity contribution in [1.29, 1.82) is 0 Å². The molecule has 0 bridgehead atoms. The van der Waals surface area contributed by atoms with Crippen LogP contribution in [0.2, 0.25) is 0 Å². The molecule has 3 aromatic rings. The van der Waals surface area contributed by atoms with Crippen LogP contribution in [-0.2, 0) is 9.47 Å². The number of methoxy groups -OCH3 is 1. The maximum atomic E-state index is 13.1. The number of amides is 2. The minimum absolute atomic E-state index is 0.0362. The Morgan fingerprint density at radius 2 is 2.00 bits per heavy atom. The van der Waals surface area contributed by atoms with E-state index in [1.54, 1.807) is 18.2 Å². The average molecular weight is 543 g/mol. The Morgan fingerprint density at radius 3 is 2.63 bits per heavy atom. The summed E-state index contributed by atoms with van der Waals surface area (Å²) in [5.74, 6) is -0.0362. The molecule has 1 N–H and O–H groups in total. The molecule has 0 atom stereocenters. The van der Waals surface area contributed by atoms with Gasteiger partial charge in [0.1, 0.15) is 5.60 Å². The molecular formula is C26H31BrN4O4. The van der Waals surface area contributed by atoms with Crippen LogP contribution >= 0.6 is 15.9 Å². The first kappa shape index (κ1) is 25.2. The fourth-order valence-corrected chi connectivity index (χ4v) is 4.25. The first-order valence-corrected chi connectivity index (χ1v) is 12.4. The number of anilines is 1. The molecule has 0 aliphatic heterocycles. The maximum Gasteiger partial charge on any atom is 0.415 e. The van der Waals surface area contributed by atoms with Crippen LogP contribution in [0.5, 0.6) is 0 Å². The zero-order chi connectivity index (χ0) is 25.3. The Labute approximate surface area is 213 Å². The summed E-state index contributed by atoms with van der Waals surface area (Å²) < 4.78 is 13.6. The third-order valence-corrected chi connectivity index (χ3v) is 6.09. The van der Waals surface area contributed by atoms with Crippen LogP contribution in [0, 0.1) is 6.92 Å². The number of aryl methyl sites for hydroxylation is 1. The first-order chi connectivity index (χ1) is 16.6. The van der Waals surface area contributed by atoms with E-state index in [0.29, 0.717) is 36.1 Å². The summed E-state index contributed by atoms with van der Waals surface area (Å²) in [5.41, 5.74) is 3.90. The Balaban J connectivity index is 1.73. The third kappa shape index (κ3) is 5.85. The van der Waals surface area contributed by atoms with Gasteiger partial charge in [-0.15, -0.1) is 0 Å². The van der Waals surface area contributed by atoms with Gasteiger partial charge in [-0.25, -0.2) is 9.78 Å². The number of halogens is 1. The van der Waals surface area contributed by atoms with Crippen molar-refractivity contribution >= 4 is 39.3 Å². The van der Waals surface area contributed by atoms with Crippen molar-refractivity contribution in [2.45, 2.75) is 52.2 Å². The van der Waals surface area contributed by atoms with Crippen molar-refractivity contribution in [1.82, 2.24) is 14.7 Å². The van der Waals surface area contributed by atoms with E-state index in [0.717, 1.165) is 34.1 Å². The molecule has 2 aromatic heterocycles. The summed E-state index contributed by atoms with van der Waals surface area (Å²) in [4.78, 5) is 31.8. The summed E-state index contributed by atoms with van der Waals surface area (Å²) in [5, 5.41) is 3.04. The summed E-state index contributed by atoms with van der Waals surface area (Å²) >= 11 is 3.58. The number of fused-ring (bicyclic) bond motifs is 1. The quantitative estimate of drug-likeness (QED) is 0.434. The lowest BCUT2D eigenvalue weighted by atomic mass is 10.0. The normalized spacial score (nSPS) is 13.7. The molecule has 1 fully saturated rings. The third-order valence-electron chi connectivity index (χ3n) is 5.66. The minimum Gasteiger partial charge on any atom is -0.443 e. The van der Waals surface area contributed by atoms with Crippen molar-refractivity contribution < 1.29 is 19.1 Å². The number of benzene rings is 1. The van der Waals surface area contributed by atoms with Crippen LogP contribution in [-0.4, -0.2) is 53.3 Å². The van der Waals surface area contributed by atoms with Crippen LogP contribution in [0.1, 0.15) is 49.5 Å². The highest BCUT2D eigenvalue weighted by molar-refractivity contribution is 9.10.